The van der Waals surface area contributed by atoms with Gasteiger partial charge in [-0.05, 0) is 19.3 Å². The minimum absolute atomic E-state index is 0.0311. The van der Waals surface area contributed by atoms with Gasteiger partial charge in [-0.2, -0.15) is 19.7 Å². The summed E-state index contributed by atoms with van der Waals surface area (Å²) in [7, 11) is -3.18. The molecule has 1 amide bonds. The molecule has 0 aromatic carbocycles. The summed E-state index contributed by atoms with van der Waals surface area (Å²) in [5.74, 6) is -0.305. The maximum Gasteiger partial charge on any atom is 0.273 e. The average Bonchev–Trinajstić information content (AvgIpc) is 2.92. The van der Waals surface area contributed by atoms with Crippen molar-refractivity contribution in [3.8, 4) is 0 Å². The highest BCUT2D eigenvalue weighted by Crippen LogP contribution is 2.21. The number of sulfonamides is 1. The number of aromatic nitrogens is 3. The number of carbonyl (C=O) groups is 1. The predicted molar refractivity (Wildman–Crippen MR) is 72.5 cm³/mol. The summed E-state index contributed by atoms with van der Waals surface area (Å²) in [5, 5.41) is 12.3. The molecular formula is C11H19N5O3S. The van der Waals surface area contributed by atoms with E-state index in [-0.39, 0.29) is 17.6 Å². The quantitative estimate of drug-likeness (QED) is 0.779. The van der Waals surface area contributed by atoms with Crippen LogP contribution in [0.1, 0.15) is 36.2 Å². The molecule has 1 saturated heterocycles. The van der Waals surface area contributed by atoms with Crippen LogP contribution in [-0.2, 0) is 10.0 Å². The van der Waals surface area contributed by atoms with Crippen molar-refractivity contribution in [2.24, 2.45) is 0 Å². The highest BCUT2D eigenvalue weighted by molar-refractivity contribution is 7.88. The van der Waals surface area contributed by atoms with E-state index in [0.717, 1.165) is 19.3 Å². The zero-order chi connectivity index (χ0) is 14.6. The van der Waals surface area contributed by atoms with Crippen molar-refractivity contribution in [2.75, 3.05) is 19.3 Å². The largest absolute Gasteiger partial charge is 0.351 e. The van der Waals surface area contributed by atoms with Gasteiger partial charge in [0.25, 0.3) is 5.91 Å². The standard InChI is InChI=1S/C11H19N5O3S/c1-20(18,19)16-7-3-2-4-9(16)5-6-12-11(17)10-8-13-15-14-10/h8-9H,2-7H2,1H3,(H,12,17)(H,13,14,15)/t9-/m0/s1. The lowest BCUT2D eigenvalue weighted by atomic mass is 10.0. The van der Waals surface area contributed by atoms with Crippen LogP contribution >= 0.6 is 0 Å². The first-order valence-electron chi connectivity index (χ1n) is 6.59. The molecule has 0 saturated carbocycles. The Hall–Kier alpha value is -1.48. The topological polar surface area (TPSA) is 108 Å². The van der Waals surface area contributed by atoms with Gasteiger partial charge in [-0.3, -0.25) is 4.79 Å². The first-order chi connectivity index (χ1) is 9.48. The smallest absolute Gasteiger partial charge is 0.273 e. The normalized spacial score (nSPS) is 20.8. The number of nitrogens with one attached hydrogen (secondary N) is 2. The van der Waals surface area contributed by atoms with E-state index in [9.17, 15) is 13.2 Å². The molecule has 0 spiro atoms. The van der Waals surface area contributed by atoms with Crippen LogP contribution < -0.4 is 5.32 Å². The van der Waals surface area contributed by atoms with Gasteiger partial charge in [-0.1, -0.05) is 6.42 Å². The van der Waals surface area contributed by atoms with Crippen LogP contribution in [0.2, 0.25) is 0 Å². The minimum Gasteiger partial charge on any atom is -0.351 e. The zero-order valence-electron chi connectivity index (χ0n) is 11.4. The molecule has 1 atom stereocenters. The number of amides is 1. The second kappa shape index (κ2) is 6.31. The van der Waals surface area contributed by atoms with E-state index < -0.39 is 10.0 Å². The summed E-state index contributed by atoms with van der Waals surface area (Å²) in [6.45, 7) is 0.989. The average molecular weight is 301 g/mol. The van der Waals surface area contributed by atoms with E-state index >= 15 is 0 Å². The Bertz CT molecular complexity index is 542. The molecule has 1 aliphatic rings. The molecule has 20 heavy (non-hydrogen) atoms. The number of hydrogen-bond donors (Lipinski definition) is 2. The number of aromatic amines is 1. The van der Waals surface area contributed by atoms with Gasteiger partial charge in [-0.25, -0.2) is 8.42 Å². The maximum atomic E-state index is 11.7. The monoisotopic (exact) mass is 301 g/mol. The van der Waals surface area contributed by atoms with Crippen molar-refractivity contribution in [2.45, 2.75) is 31.7 Å². The van der Waals surface area contributed by atoms with E-state index in [1.165, 1.54) is 12.5 Å². The van der Waals surface area contributed by atoms with E-state index in [2.05, 4.69) is 20.7 Å². The summed E-state index contributed by atoms with van der Waals surface area (Å²) >= 11 is 0. The summed E-state index contributed by atoms with van der Waals surface area (Å²) < 4.78 is 24.9. The van der Waals surface area contributed by atoms with E-state index in [1.54, 1.807) is 4.31 Å². The van der Waals surface area contributed by atoms with E-state index in [4.69, 9.17) is 0 Å². The minimum atomic E-state index is -3.18. The fraction of sp³-hybridized carbons (Fsp3) is 0.727. The Morgan fingerprint density at radius 1 is 1.55 bits per heavy atom. The van der Waals surface area contributed by atoms with Crippen molar-refractivity contribution < 1.29 is 13.2 Å². The van der Waals surface area contributed by atoms with Crippen LogP contribution in [0.25, 0.3) is 0 Å². The molecule has 2 heterocycles. The Labute approximate surface area is 118 Å². The van der Waals surface area contributed by atoms with Crippen molar-refractivity contribution in [3.05, 3.63) is 11.9 Å². The molecule has 2 rings (SSSR count). The lowest BCUT2D eigenvalue weighted by molar-refractivity contribution is 0.0944. The van der Waals surface area contributed by atoms with Crippen LogP contribution in [-0.4, -0.2) is 59.4 Å². The summed E-state index contributed by atoms with van der Waals surface area (Å²) in [4.78, 5) is 11.7. The van der Waals surface area contributed by atoms with Gasteiger partial charge >= 0.3 is 0 Å². The summed E-state index contributed by atoms with van der Waals surface area (Å²) in [5.41, 5.74) is 0.230. The molecule has 112 valence electrons. The summed E-state index contributed by atoms with van der Waals surface area (Å²) in [6.07, 6.45) is 5.95. The highest BCUT2D eigenvalue weighted by atomic mass is 32.2. The number of piperidine rings is 1. The molecule has 8 nitrogen and oxygen atoms in total. The van der Waals surface area contributed by atoms with Crippen molar-refractivity contribution in [3.63, 3.8) is 0 Å². The Morgan fingerprint density at radius 3 is 3.00 bits per heavy atom. The van der Waals surface area contributed by atoms with Crippen LogP contribution in [0.5, 0.6) is 0 Å². The lowest BCUT2D eigenvalue weighted by Crippen LogP contribution is -2.44. The predicted octanol–water partition coefficient (Wildman–Crippen LogP) is -0.261. The van der Waals surface area contributed by atoms with E-state index in [0.29, 0.717) is 19.5 Å². The second-order valence-corrected chi connectivity index (χ2v) is 6.86. The molecule has 9 heteroatoms. The van der Waals surface area contributed by atoms with Gasteiger partial charge in [0.05, 0.1) is 12.5 Å². The molecule has 2 N–H and O–H groups in total. The molecular weight excluding hydrogens is 282 g/mol. The number of hydrogen-bond acceptors (Lipinski definition) is 5. The Morgan fingerprint density at radius 2 is 2.35 bits per heavy atom. The van der Waals surface area contributed by atoms with Crippen molar-refractivity contribution >= 4 is 15.9 Å². The summed E-state index contributed by atoms with van der Waals surface area (Å²) in [6, 6.07) is -0.0311. The first-order valence-corrected chi connectivity index (χ1v) is 8.44. The van der Waals surface area contributed by atoms with Crippen LogP contribution in [0.3, 0.4) is 0 Å². The molecule has 0 aliphatic carbocycles. The number of nitrogens with zero attached hydrogens (tertiary/aromatic N) is 3. The molecule has 1 fully saturated rings. The maximum absolute atomic E-state index is 11.7. The third-order valence-electron chi connectivity index (χ3n) is 3.41. The van der Waals surface area contributed by atoms with Gasteiger partial charge in [0.1, 0.15) is 0 Å². The number of carbonyl (C=O) groups excluding carboxylic acids is 1. The fourth-order valence-corrected chi connectivity index (χ4v) is 3.67. The number of H-pyrrole nitrogens is 1. The zero-order valence-corrected chi connectivity index (χ0v) is 12.2. The van der Waals surface area contributed by atoms with Gasteiger partial charge in [0, 0.05) is 19.1 Å². The second-order valence-electron chi connectivity index (χ2n) is 4.92. The SMILES string of the molecule is CS(=O)(=O)N1CCCC[C@H]1CCNC(=O)c1cn[nH]n1. The van der Waals surface area contributed by atoms with E-state index in [1.807, 2.05) is 0 Å². The van der Waals surface area contributed by atoms with Crippen LogP contribution in [0, 0.1) is 0 Å². The molecule has 1 aromatic heterocycles. The van der Waals surface area contributed by atoms with Gasteiger partial charge < -0.3 is 5.32 Å². The van der Waals surface area contributed by atoms with Crippen LogP contribution in [0.4, 0.5) is 0 Å². The third kappa shape index (κ3) is 3.76. The van der Waals surface area contributed by atoms with Crippen molar-refractivity contribution in [1.29, 1.82) is 0 Å². The molecule has 1 aliphatic heterocycles. The molecule has 0 bridgehead atoms. The van der Waals surface area contributed by atoms with Gasteiger partial charge in [0.2, 0.25) is 10.0 Å². The highest BCUT2D eigenvalue weighted by Gasteiger charge is 2.28. The third-order valence-corrected chi connectivity index (χ3v) is 4.74. The lowest BCUT2D eigenvalue weighted by Gasteiger charge is -2.33. The van der Waals surface area contributed by atoms with Crippen molar-refractivity contribution in [1.82, 2.24) is 25.0 Å². The molecule has 0 unspecified atom stereocenters. The number of rotatable bonds is 5. The Balaban J connectivity index is 1.84. The van der Waals surface area contributed by atoms with Gasteiger partial charge in [0.15, 0.2) is 5.69 Å². The Kier molecular flexibility index (Phi) is 4.71. The van der Waals surface area contributed by atoms with Gasteiger partial charge in [-0.15, -0.1) is 0 Å². The van der Waals surface area contributed by atoms with Crippen LogP contribution in [0.15, 0.2) is 6.20 Å². The first kappa shape index (κ1) is 14.9. The molecule has 0 radical (unpaired) electrons. The molecule has 1 aromatic rings. The fourth-order valence-electron chi connectivity index (χ4n) is 2.45.